The smallest absolute Gasteiger partial charge is 0.0640 e. The number of aliphatic hydroxyl groups is 2. The van der Waals surface area contributed by atoms with Gasteiger partial charge in [-0.2, -0.15) is 0 Å². The minimum atomic E-state index is -0.328. The van der Waals surface area contributed by atoms with Gasteiger partial charge in [-0.15, -0.1) is 0 Å². The number of nitrogens with one attached hydrogen (secondary N) is 1. The average Bonchev–Trinajstić information content (AvgIpc) is 1.95. The van der Waals surface area contributed by atoms with Crippen molar-refractivity contribution >= 4 is 0 Å². The van der Waals surface area contributed by atoms with Crippen LogP contribution < -0.4 is 5.32 Å². The topological polar surface area (TPSA) is 52.5 Å². The summed E-state index contributed by atoms with van der Waals surface area (Å²) in [6.45, 7) is 3.66. The summed E-state index contributed by atoms with van der Waals surface area (Å²) in [4.78, 5) is 0. The van der Waals surface area contributed by atoms with Crippen molar-refractivity contribution in [2.45, 2.75) is 13.0 Å². The lowest BCUT2D eigenvalue weighted by atomic mass is 9.89. The van der Waals surface area contributed by atoms with E-state index in [1.165, 1.54) is 0 Å². The second kappa shape index (κ2) is 3.32. The quantitative estimate of drug-likeness (QED) is 0.452. The van der Waals surface area contributed by atoms with Crippen LogP contribution in [0.5, 0.6) is 0 Å². The van der Waals surface area contributed by atoms with Gasteiger partial charge in [-0.3, -0.25) is 0 Å². The van der Waals surface area contributed by atoms with E-state index in [2.05, 4.69) is 5.32 Å². The Balaban J connectivity index is 2.42. The molecule has 3 atom stereocenters. The molecule has 3 nitrogen and oxygen atoms in total. The summed E-state index contributed by atoms with van der Waals surface area (Å²) in [7, 11) is 0. The molecule has 3 heteroatoms. The molecule has 0 aliphatic carbocycles. The molecule has 60 valence electrons. The fourth-order valence-electron chi connectivity index (χ4n) is 1.38. The first-order valence-electron chi connectivity index (χ1n) is 3.75. The third kappa shape index (κ3) is 1.48. The predicted molar refractivity (Wildman–Crippen MR) is 38.6 cm³/mol. The summed E-state index contributed by atoms with van der Waals surface area (Å²) in [5, 5.41) is 21.4. The first-order chi connectivity index (χ1) is 4.75. The zero-order valence-corrected chi connectivity index (χ0v) is 6.25. The van der Waals surface area contributed by atoms with Crippen LogP contribution in [0.15, 0.2) is 0 Å². The molecule has 1 aliphatic heterocycles. The number of rotatable bonds is 1. The fourth-order valence-corrected chi connectivity index (χ4v) is 1.38. The molecule has 0 spiro atoms. The van der Waals surface area contributed by atoms with E-state index in [0.717, 1.165) is 13.1 Å². The minimum absolute atomic E-state index is 0.0312. The van der Waals surface area contributed by atoms with Crippen molar-refractivity contribution in [3.63, 3.8) is 0 Å². The second-order valence-electron chi connectivity index (χ2n) is 3.07. The normalized spacial score (nSPS) is 41.7. The lowest BCUT2D eigenvalue weighted by Crippen LogP contribution is -2.47. The molecule has 0 radical (unpaired) electrons. The number of piperidine rings is 1. The van der Waals surface area contributed by atoms with Crippen LogP contribution in [0.2, 0.25) is 0 Å². The predicted octanol–water partition coefficient (Wildman–Crippen LogP) is -0.805. The fraction of sp³-hybridized carbons (Fsp3) is 1.00. The molecule has 1 aliphatic rings. The average molecular weight is 145 g/mol. The van der Waals surface area contributed by atoms with Gasteiger partial charge in [-0.25, -0.2) is 0 Å². The lowest BCUT2D eigenvalue weighted by Gasteiger charge is -2.32. The van der Waals surface area contributed by atoms with E-state index in [1.807, 2.05) is 6.92 Å². The van der Waals surface area contributed by atoms with Gasteiger partial charge in [0.25, 0.3) is 0 Å². The van der Waals surface area contributed by atoms with Gasteiger partial charge < -0.3 is 15.5 Å². The maximum Gasteiger partial charge on any atom is 0.0640 e. The lowest BCUT2D eigenvalue weighted by molar-refractivity contribution is 0.00909. The van der Waals surface area contributed by atoms with Gasteiger partial charge in [0.15, 0.2) is 0 Å². The van der Waals surface area contributed by atoms with Crippen molar-refractivity contribution in [2.24, 2.45) is 11.8 Å². The first-order valence-corrected chi connectivity index (χ1v) is 3.75. The molecule has 0 aromatic carbocycles. The van der Waals surface area contributed by atoms with E-state index in [9.17, 15) is 5.11 Å². The molecular weight excluding hydrogens is 130 g/mol. The van der Waals surface area contributed by atoms with Gasteiger partial charge in [0.1, 0.15) is 0 Å². The SMILES string of the molecule is C[C@H]1CNC[C@@H](CO)[C@@H]1O. The Kier molecular flexibility index (Phi) is 2.65. The molecule has 0 aromatic rings. The molecule has 1 fully saturated rings. The molecular formula is C7H15NO2. The molecule has 1 rings (SSSR count). The van der Waals surface area contributed by atoms with E-state index in [-0.39, 0.29) is 24.5 Å². The zero-order valence-electron chi connectivity index (χ0n) is 6.25. The Morgan fingerprint density at radius 2 is 2.20 bits per heavy atom. The van der Waals surface area contributed by atoms with Crippen LogP contribution in [0.1, 0.15) is 6.92 Å². The Morgan fingerprint density at radius 3 is 2.70 bits per heavy atom. The monoisotopic (exact) mass is 145 g/mol. The van der Waals surface area contributed by atoms with Gasteiger partial charge in [0.2, 0.25) is 0 Å². The first kappa shape index (κ1) is 7.98. The van der Waals surface area contributed by atoms with E-state index in [4.69, 9.17) is 5.11 Å². The summed E-state index contributed by atoms with van der Waals surface area (Å²) in [5.41, 5.74) is 0. The van der Waals surface area contributed by atoms with Gasteiger partial charge in [0.05, 0.1) is 6.10 Å². The third-order valence-electron chi connectivity index (χ3n) is 2.17. The number of aliphatic hydroxyl groups excluding tert-OH is 2. The number of hydrogen-bond acceptors (Lipinski definition) is 3. The van der Waals surface area contributed by atoms with Crippen LogP contribution in [0.4, 0.5) is 0 Å². The van der Waals surface area contributed by atoms with Crippen LogP contribution in [-0.4, -0.2) is 36.0 Å². The molecule has 10 heavy (non-hydrogen) atoms. The highest BCUT2D eigenvalue weighted by Crippen LogP contribution is 2.15. The van der Waals surface area contributed by atoms with Crippen molar-refractivity contribution < 1.29 is 10.2 Å². The highest BCUT2D eigenvalue weighted by Gasteiger charge is 2.27. The maximum absolute atomic E-state index is 9.44. The summed E-state index contributed by atoms with van der Waals surface area (Å²) in [6, 6.07) is 0. The van der Waals surface area contributed by atoms with Crippen LogP contribution in [0.3, 0.4) is 0 Å². The Hall–Kier alpha value is -0.120. The van der Waals surface area contributed by atoms with Crippen molar-refractivity contribution in [3.8, 4) is 0 Å². The Bertz CT molecular complexity index is 108. The summed E-state index contributed by atoms with van der Waals surface area (Å²) in [6.07, 6.45) is -0.328. The Labute approximate surface area is 61.1 Å². The molecule has 1 saturated heterocycles. The summed E-state index contributed by atoms with van der Waals surface area (Å²) >= 11 is 0. The van der Waals surface area contributed by atoms with Gasteiger partial charge >= 0.3 is 0 Å². The van der Waals surface area contributed by atoms with Gasteiger partial charge in [0, 0.05) is 25.6 Å². The second-order valence-corrected chi connectivity index (χ2v) is 3.07. The maximum atomic E-state index is 9.44. The largest absolute Gasteiger partial charge is 0.396 e. The minimum Gasteiger partial charge on any atom is -0.396 e. The molecule has 0 aromatic heterocycles. The van der Waals surface area contributed by atoms with Crippen LogP contribution in [0, 0.1) is 11.8 Å². The van der Waals surface area contributed by atoms with E-state index in [1.54, 1.807) is 0 Å². The molecule has 0 unspecified atom stereocenters. The van der Waals surface area contributed by atoms with Crippen LogP contribution in [-0.2, 0) is 0 Å². The Morgan fingerprint density at radius 1 is 1.50 bits per heavy atom. The molecule has 0 bridgehead atoms. The highest BCUT2D eigenvalue weighted by molar-refractivity contribution is 4.81. The van der Waals surface area contributed by atoms with E-state index in [0.29, 0.717) is 0 Å². The van der Waals surface area contributed by atoms with Crippen molar-refractivity contribution in [1.82, 2.24) is 5.32 Å². The molecule has 3 N–H and O–H groups in total. The third-order valence-corrected chi connectivity index (χ3v) is 2.17. The van der Waals surface area contributed by atoms with E-state index >= 15 is 0 Å². The highest BCUT2D eigenvalue weighted by atomic mass is 16.3. The molecule has 0 saturated carbocycles. The molecule has 1 heterocycles. The summed E-state index contributed by atoms with van der Waals surface area (Å²) < 4.78 is 0. The zero-order chi connectivity index (χ0) is 7.56. The number of hydrogen-bond donors (Lipinski definition) is 3. The van der Waals surface area contributed by atoms with E-state index < -0.39 is 0 Å². The molecule has 0 amide bonds. The van der Waals surface area contributed by atoms with Gasteiger partial charge in [-0.05, 0) is 5.92 Å². The standard InChI is InChI=1S/C7H15NO2/c1-5-2-8-3-6(4-9)7(5)10/h5-10H,2-4H2,1H3/t5-,6-,7+/m0/s1. The summed E-state index contributed by atoms with van der Waals surface area (Å²) in [5.74, 6) is 0.301. The van der Waals surface area contributed by atoms with Crippen molar-refractivity contribution in [3.05, 3.63) is 0 Å². The van der Waals surface area contributed by atoms with Crippen LogP contribution in [0.25, 0.3) is 0 Å². The van der Waals surface area contributed by atoms with Crippen molar-refractivity contribution in [1.29, 1.82) is 0 Å². The van der Waals surface area contributed by atoms with Crippen LogP contribution >= 0.6 is 0 Å². The van der Waals surface area contributed by atoms with Crippen molar-refractivity contribution in [2.75, 3.05) is 19.7 Å². The van der Waals surface area contributed by atoms with Gasteiger partial charge in [-0.1, -0.05) is 6.92 Å².